The third-order valence-corrected chi connectivity index (χ3v) is 3.33. The van der Waals surface area contributed by atoms with E-state index < -0.39 is 6.10 Å². The molecule has 0 aliphatic rings. The maximum absolute atomic E-state index is 11.9. The second-order valence-electron chi connectivity index (χ2n) is 4.62. The molecule has 0 spiro atoms. The Morgan fingerprint density at radius 3 is 2.65 bits per heavy atom. The van der Waals surface area contributed by atoms with Gasteiger partial charge in [-0.3, -0.25) is 0 Å². The predicted molar refractivity (Wildman–Crippen MR) is 82.7 cm³/mol. The summed E-state index contributed by atoms with van der Waals surface area (Å²) >= 11 is 3.41. The molecular weight excluding hydrogens is 322 g/mol. The zero-order valence-corrected chi connectivity index (χ0v) is 13.8. The van der Waals surface area contributed by atoms with Crippen LogP contribution in [0.25, 0.3) is 0 Å². The topological polar surface area (TPSA) is 61.5 Å². The van der Waals surface area contributed by atoms with Crippen molar-refractivity contribution in [3.63, 3.8) is 0 Å². The zero-order valence-electron chi connectivity index (χ0n) is 12.2. The molecule has 0 aliphatic heterocycles. The lowest BCUT2D eigenvalue weighted by atomic mass is 10.1. The van der Waals surface area contributed by atoms with Crippen molar-refractivity contribution in [3.05, 3.63) is 28.2 Å². The van der Waals surface area contributed by atoms with E-state index in [-0.39, 0.29) is 12.0 Å². The van der Waals surface area contributed by atoms with Gasteiger partial charge in [-0.05, 0) is 38.5 Å². The highest BCUT2D eigenvalue weighted by Crippen LogP contribution is 2.29. The summed E-state index contributed by atoms with van der Waals surface area (Å²) in [4.78, 5) is 11.9. The second kappa shape index (κ2) is 8.27. The molecule has 1 aromatic rings. The van der Waals surface area contributed by atoms with Gasteiger partial charge in [0.15, 0.2) is 6.10 Å². The summed E-state index contributed by atoms with van der Waals surface area (Å²) in [6, 6.07) is 5.43. The minimum Gasteiger partial charge on any atom is -0.478 e. The first-order valence-electron chi connectivity index (χ1n) is 6.87. The van der Waals surface area contributed by atoms with Gasteiger partial charge in [-0.2, -0.15) is 0 Å². The van der Waals surface area contributed by atoms with E-state index in [0.717, 1.165) is 16.5 Å². The Hall–Kier alpha value is -1.07. The van der Waals surface area contributed by atoms with Gasteiger partial charge in [-0.25, -0.2) is 4.79 Å². The average Bonchev–Trinajstić information content (AvgIpc) is 2.40. The molecule has 0 saturated carbocycles. The second-order valence-corrected chi connectivity index (χ2v) is 5.53. The minimum atomic E-state index is -0.585. The Labute approximate surface area is 128 Å². The van der Waals surface area contributed by atoms with Gasteiger partial charge < -0.3 is 15.2 Å². The van der Waals surface area contributed by atoms with Gasteiger partial charge in [-0.1, -0.05) is 29.3 Å². The molecule has 0 amide bonds. The molecule has 0 bridgehead atoms. The molecule has 4 nitrogen and oxygen atoms in total. The number of carbonyl (C=O) groups excluding carboxylic acids is 1. The summed E-state index contributed by atoms with van der Waals surface area (Å²) in [5, 5.41) is 0. The molecule has 2 atom stereocenters. The summed E-state index contributed by atoms with van der Waals surface area (Å²) in [5.74, 6) is 0.308. The van der Waals surface area contributed by atoms with E-state index in [2.05, 4.69) is 15.9 Å². The van der Waals surface area contributed by atoms with Crippen molar-refractivity contribution in [1.82, 2.24) is 0 Å². The summed E-state index contributed by atoms with van der Waals surface area (Å²) in [6.45, 7) is 6.02. The normalized spacial score (nSPS) is 13.7. The SMILES string of the molecule is CCCC(Oc1ccc(Br)cc1C(C)N)C(=O)OCC. The molecule has 0 fully saturated rings. The zero-order chi connectivity index (χ0) is 15.1. The average molecular weight is 344 g/mol. The van der Waals surface area contributed by atoms with Crippen molar-refractivity contribution in [2.75, 3.05) is 6.61 Å². The minimum absolute atomic E-state index is 0.174. The summed E-state index contributed by atoms with van der Waals surface area (Å²) in [5.41, 5.74) is 6.82. The number of nitrogens with two attached hydrogens (primary N) is 1. The van der Waals surface area contributed by atoms with Gasteiger partial charge in [0.25, 0.3) is 0 Å². The lowest BCUT2D eigenvalue weighted by Gasteiger charge is -2.20. The fraction of sp³-hybridized carbons (Fsp3) is 0.533. The molecule has 1 rings (SSSR count). The van der Waals surface area contributed by atoms with Crippen LogP contribution in [0.2, 0.25) is 0 Å². The molecule has 5 heteroatoms. The van der Waals surface area contributed by atoms with Crippen molar-refractivity contribution >= 4 is 21.9 Å². The lowest BCUT2D eigenvalue weighted by Crippen LogP contribution is -2.30. The van der Waals surface area contributed by atoms with Crippen molar-refractivity contribution in [2.24, 2.45) is 5.73 Å². The third kappa shape index (κ3) is 4.80. The molecule has 20 heavy (non-hydrogen) atoms. The molecule has 112 valence electrons. The molecular formula is C15H22BrNO3. The largest absolute Gasteiger partial charge is 0.478 e. The van der Waals surface area contributed by atoms with E-state index in [1.807, 2.05) is 32.0 Å². The first-order chi connectivity index (χ1) is 9.49. The van der Waals surface area contributed by atoms with Gasteiger partial charge in [0.05, 0.1) is 6.61 Å². The Morgan fingerprint density at radius 1 is 1.40 bits per heavy atom. The molecule has 0 aromatic heterocycles. The number of esters is 1. The predicted octanol–water partition coefficient (Wildman–Crippen LogP) is 3.58. The van der Waals surface area contributed by atoms with E-state index >= 15 is 0 Å². The van der Waals surface area contributed by atoms with Crippen LogP contribution in [0.4, 0.5) is 0 Å². The van der Waals surface area contributed by atoms with Gasteiger partial charge in [-0.15, -0.1) is 0 Å². The van der Waals surface area contributed by atoms with E-state index in [1.165, 1.54) is 0 Å². The Balaban J connectivity index is 2.95. The standard InChI is InChI=1S/C15H22BrNO3/c1-4-6-14(15(18)19-5-2)20-13-8-7-11(16)9-12(13)10(3)17/h7-10,14H,4-6,17H2,1-3H3. The van der Waals surface area contributed by atoms with Gasteiger partial charge in [0.2, 0.25) is 0 Å². The number of carbonyl (C=O) groups is 1. The molecule has 2 N–H and O–H groups in total. The maximum Gasteiger partial charge on any atom is 0.347 e. The number of hydrogen-bond acceptors (Lipinski definition) is 4. The first kappa shape index (κ1) is 17.0. The van der Waals surface area contributed by atoms with Crippen LogP contribution < -0.4 is 10.5 Å². The first-order valence-corrected chi connectivity index (χ1v) is 7.67. The molecule has 2 unspecified atom stereocenters. The third-order valence-electron chi connectivity index (χ3n) is 2.83. The number of ether oxygens (including phenoxy) is 2. The van der Waals surface area contributed by atoms with Gasteiger partial charge >= 0.3 is 5.97 Å². The monoisotopic (exact) mass is 343 g/mol. The highest BCUT2D eigenvalue weighted by atomic mass is 79.9. The van der Waals surface area contributed by atoms with Crippen LogP contribution in [0.5, 0.6) is 5.75 Å². The number of benzene rings is 1. The Kier molecular flexibility index (Phi) is 7.02. The van der Waals surface area contributed by atoms with Gasteiger partial charge in [0, 0.05) is 16.1 Å². The highest BCUT2D eigenvalue weighted by molar-refractivity contribution is 9.10. The lowest BCUT2D eigenvalue weighted by molar-refractivity contribution is -0.151. The van der Waals surface area contributed by atoms with Crippen LogP contribution >= 0.6 is 15.9 Å². The van der Waals surface area contributed by atoms with Crippen molar-refractivity contribution in [2.45, 2.75) is 45.8 Å². The Morgan fingerprint density at radius 2 is 2.10 bits per heavy atom. The summed E-state index contributed by atoms with van der Waals surface area (Å²) in [6.07, 6.45) is 0.875. The molecule has 0 aliphatic carbocycles. The summed E-state index contributed by atoms with van der Waals surface area (Å²) < 4.78 is 11.8. The van der Waals surface area contributed by atoms with Crippen molar-refractivity contribution in [3.8, 4) is 5.75 Å². The van der Waals surface area contributed by atoms with E-state index in [4.69, 9.17) is 15.2 Å². The molecule has 0 saturated heterocycles. The highest BCUT2D eigenvalue weighted by Gasteiger charge is 2.22. The van der Waals surface area contributed by atoms with Crippen LogP contribution in [-0.4, -0.2) is 18.7 Å². The van der Waals surface area contributed by atoms with E-state index in [0.29, 0.717) is 18.8 Å². The molecule has 0 heterocycles. The molecule has 1 aromatic carbocycles. The maximum atomic E-state index is 11.9. The smallest absolute Gasteiger partial charge is 0.347 e. The van der Waals surface area contributed by atoms with Crippen LogP contribution in [0, 0.1) is 0 Å². The van der Waals surface area contributed by atoms with E-state index in [9.17, 15) is 4.79 Å². The van der Waals surface area contributed by atoms with Crippen molar-refractivity contribution < 1.29 is 14.3 Å². The quantitative estimate of drug-likeness (QED) is 0.768. The number of hydrogen-bond donors (Lipinski definition) is 1. The van der Waals surface area contributed by atoms with Crippen LogP contribution in [0.3, 0.4) is 0 Å². The van der Waals surface area contributed by atoms with Crippen LogP contribution in [0.1, 0.15) is 45.2 Å². The van der Waals surface area contributed by atoms with Crippen LogP contribution in [-0.2, 0) is 9.53 Å². The number of rotatable bonds is 7. The Bertz CT molecular complexity index is 449. The van der Waals surface area contributed by atoms with E-state index in [1.54, 1.807) is 6.92 Å². The van der Waals surface area contributed by atoms with Crippen molar-refractivity contribution in [1.29, 1.82) is 0 Å². The van der Waals surface area contributed by atoms with Gasteiger partial charge in [0.1, 0.15) is 5.75 Å². The summed E-state index contributed by atoms with van der Waals surface area (Å²) in [7, 11) is 0. The molecule has 0 radical (unpaired) electrons. The fourth-order valence-corrected chi connectivity index (χ4v) is 2.24. The van der Waals surface area contributed by atoms with Crippen LogP contribution in [0.15, 0.2) is 22.7 Å². The fourth-order valence-electron chi connectivity index (χ4n) is 1.86. The number of halogens is 1.